The van der Waals surface area contributed by atoms with Crippen LogP contribution in [0.5, 0.6) is 5.88 Å². The summed E-state index contributed by atoms with van der Waals surface area (Å²) in [6.07, 6.45) is 2.69. The van der Waals surface area contributed by atoms with Crippen molar-refractivity contribution in [3.05, 3.63) is 34.0 Å². The molecule has 3 aromatic rings. The summed E-state index contributed by atoms with van der Waals surface area (Å²) >= 11 is 9.13. The molecule has 0 amide bonds. The van der Waals surface area contributed by atoms with Crippen LogP contribution >= 0.6 is 27.5 Å². The van der Waals surface area contributed by atoms with E-state index < -0.39 is 21.5 Å². The van der Waals surface area contributed by atoms with Crippen molar-refractivity contribution in [1.82, 2.24) is 14.4 Å². The predicted molar refractivity (Wildman–Crippen MR) is 78.8 cm³/mol. The van der Waals surface area contributed by atoms with E-state index >= 15 is 0 Å². The van der Waals surface area contributed by atoms with Crippen LogP contribution in [0.1, 0.15) is 0 Å². The first-order valence-electron chi connectivity index (χ1n) is 5.73. The summed E-state index contributed by atoms with van der Waals surface area (Å²) in [6, 6.07) is 2.91. The lowest BCUT2D eigenvalue weighted by Crippen LogP contribution is -2.28. The monoisotopic (exact) mass is 429 g/mol. The zero-order valence-electron chi connectivity index (χ0n) is 10.7. The zero-order chi connectivity index (χ0) is 17.0. The molecule has 12 heteroatoms. The molecular formula is C11H4BrClF3N3O3S. The first-order valence-corrected chi connectivity index (χ1v) is 8.30. The van der Waals surface area contributed by atoms with Crippen LogP contribution in [0.15, 0.2) is 29.0 Å². The Morgan fingerprint density at radius 2 is 2.00 bits per heavy atom. The van der Waals surface area contributed by atoms with Gasteiger partial charge in [-0.05, 0) is 28.1 Å². The molecule has 0 unspecified atom stereocenters. The van der Waals surface area contributed by atoms with Crippen LogP contribution in [-0.2, 0) is 10.1 Å². The van der Waals surface area contributed by atoms with E-state index in [0.29, 0.717) is 9.99 Å². The average molecular weight is 431 g/mol. The predicted octanol–water partition coefficient (Wildman–Crippen LogP) is 3.53. The van der Waals surface area contributed by atoms with Crippen molar-refractivity contribution in [2.45, 2.75) is 5.51 Å². The molecule has 0 aliphatic heterocycles. The van der Waals surface area contributed by atoms with Gasteiger partial charge in [-0.1, -0.05) is 11.6 Å². The quantitative estimate of drug-likeness (QED) is 0.459. The average Bonchev–Trinajstić information content (AvgIpc) is 2.85. The molecule has 0 aliphatic carbocycles. The summed E-state index contributed by atoms with van der Waals surface area (Å²) in [6.45, 7) is 0. The van der Waals surface area contributed by atoms with Gasteiger partial charge in [0.1, 0.15) is 0 Å². The van der Waals surface area contributed by atoms with Crippen molar-refractivity contribution in [3.63, 3.8) is 0 Å². The van der Waals surface area contributed by atoms with Gasteiger partial charge in [0, 0.05) is 21.9 Å². The molecule has 6 nitrogen and oxygen atoms in total. The van der Waals surface area contributed by atoms with Gasteiger partial charge >= 0.3 is 15.6 Å². The number of nitrogens with zero attached hydrogens (tertiary/aromatic N) is 3. The highest BCUT2D eigenvalue weighted by Gasteiger charge is 2.49. The minimum Gasteiger partial charge on any atom is -0.351 e. The third-order valence-electron chi connectivity index (χ3n) is 2.78. The second-order valence-corrected chi connectivity index (χ2v) is 7.10. The van der Waals surface area contributed by atoms with Gasteiger partial charge in [0.15, 0.2) is 0 Å². The molecule has 0 saturated carbocycles. The Labute approximate surface area is 140 Å². The van der Waals surface area contributed by atoms with Crippen LogP contribution in [0.3, 0.4) is 0 Å². The second-order valence-electron chi connectivity index (χ2n) is 4.28. The molecule has 1 aromatic carbocycles. The fourth-order valence-electron chi connectivity index (χ4n) is 1.88. The third-order valence-corrected chi connectivity index (χ3v) is 4.54. The Morgan fingerprint density at radius 1 is 1.30 bits per heavy atom. The second kappa shape index (κ2) is 5.21. The summed E-state index contributed by atoms with van der Waals surface area (Å²) in [5.41, 5.74) is -5.20. The fraction of sp³-hybridized carbons (Fsp3) is 0.0909. The number of halogens is 5. The van der Waals surface area contributed by atoms with Crippen LogP contribution in [0, 0.1) is 0 Å². The summed E-state index contributed by atoms with van der Waals surface area (Å²) < 4.78 is 65.8. The van der Waals surface area contributed by atoms with Crippen molar-refractivity contribution in [2.75, 3.05) is 0 Å². The van der Waals surface area contributed by atoms with Crippen LogP contribution in [-0.4, -0.2) is 28.3 Å². The lowest BCUT2D eigenvalue weighted by molar-refractivity contribution is -0.0500. The van der Waals surface area contributed by atoms with Crippen LogP contribution < -0.4 is 4.18 Å². The maximum absolute atomic E-state index is 12.5. The van der Waals surface area contributed by atoms with E-state index in [0.717, 1.165) is 0 Å². The molecule has 0 bridgehead atoms. The molecule has 0 atom stereocenters. The number of fused-ring (bicyclic) bond motifs is 3. The van der Waals surface area contributed by atoms with E-state index in [4.69, 9.17) is 11.6 Å². The van der Waals surface area contributed by atoms with Crippen molar-refractivity contribution in [1.29, 1.82) is 0 Å². The van der Waals surface area contributed by atoms with E-state index in [1.165, 1.54) is 22.9 Å². The minimum absolute atomic E-state index is 0.127. The third kappa shape index (κ3) is 2.72. The first kappa shape index (κ1) is 16.3. The highest BCUT2D eigenvalue weighted by Crippen LogP contribution is 2.33. The van der Waals surface area contributed by atoms with Gasteiger partial charge in [-0.2, -0.15) is 21.6 Å². The van der Waals surface area contributed by atoms with Gasteiger partial charge in [0.05, 0.1) is 11.0 Å². The molecule has 0 fully saturated rings. The SMILES string of the molecule is O=S(=O)(Oc1nc2cc(Cl)cc(Br)c2n2ccnc12)C(F)(F)F. The lowest BCUT2D eigenvalue weighted by atomic mass is 10.3. The molecule has 0 saturated heterocycles. The molecule has 0 radical (unpaired) electrons. The van der Waals surface area contributed by atoms with Gasteiger partial charge in [-0.15, -0.1) is 0 Å². The molecule has 0 aliphatic rings. The molecule has 23 heavy (non-hydrogen) atoms. The number of aromatic nitrogens is 3. The van der Waals surface area contributed by atoms with E-state index in [1.807, 2.05) is 0 Å². The number of alkyl halides is 3. The first-order chi connectivity index (χ1) is 10.6. The van der Waals surface area contributed by atoms with Gasteiger partial charge < -0.3 is 4.18 Å². The zero-order valence-corrected chi connectivity index (χ0v) is 13.8. The Bertz CT molecular complexity index is 1040. The van der Waals surface area contributed by atoms with Gasteiger partial charge in [-0.3, -0.25) is 4.40 Å². The molecule has 0 spiro atoms. The number of benzene rings is 1. The molecule has 2 aromatic heterocycles. The Balaban J connectivity index is 2.31. The minimum atomic E-state index is -5.87. The molecule has 122 valence electrons. The summed E-state index contributed by atoms with van der Waals surface area (Å²) in [5, 5.41) is 0.251. The highest BCUT2D eigenvalue weighted by molar-refractivity contribution is 9.10. The maximum Gasteiger partial charge on any atom is 0.534 e. The van der Waals surface area contributed by atoms with Crippen LogP contribution in [0.25, 0.3) is 16.7 Å². The standard InChI is InChI=1S/C11H4BrClF3N3O3S/c12-6-3-5(13)4-7-8(6)19-2-1-17-9(19)10(18-7)22-23(20,21)11(14,15)16/h1-4H. The van der Waals surface area contributed by atoms with Crippen LogP contribution in [0.2, 0.25) is 5.02 Å². The smallest absolute Gasteiger partial charge is 0.351 e. The largest absolute Gasteiger partial charge is 0.534 e. The maximum atomic E-state index is 12.5. The number of rotatable bonds is 2. The Kier molecular flexibility index (Phi) is 3.69. The number of hydrogen-bond acceptors (Lipinski definition) is 5. The molecule has 3 rings (SSSR count). The van der Waals surface area contributed by atoms with Gasteiger partial charge in [0.25, 0.3) is 5.88 Å². The van der Waals surface area contributed by atoms with E-state index in [-0.39, 0.29) is 16.2 Å². The van der Waals surface area contributed by atoms with Crippen molar-refractivity contribution < 1.29 is 25.8 Å². The van der Waals surface area contributed by atoms with Gasteiger partial charge in [0.2, 0.25) is 5.65 Å². The summed E-state index contributed by atoms with van der Waals surface area (Å²) in [5.74, 6) is -0.797. The summed E-state index contributed by atoms with van der Waals surface area (Å²) in [4.78, 5) is 7.59. The fourth-order valence-corrected chi connectivity index (χ4v) is 3.28. The Morgan fingerprint density at radius 3 is 2.65 bits per heavy atom. The molecule has 2 heterocycles. The van der Waals surface area contributed by atoms with Crippen molar-refractivity contribution >= 4 is 54.3 Å². The normalized spacial score (nSPS) is 12.9. The van der Waals surface area contributed by atoms with Gasteiger partial charge in [-0.25, -0.2) is 9.97 Å². The number of imidazole rings is 1. The number of hydrogen-bond donors (Lipinski definition) is 0. The van der Waals surface area contributed by atoms with E-state index in [2.05, 4.69) is 30.1 Å². The Hall–Kier alpha value is -1.59. The highest BCUT2D eigenvalue weighted by atomic mass is 79.9. The lowest BCUT2D eigenvalue weighted by Gasteiger charge is -2.11. The van der Waals surface area contributed by atoms with E-state index in [9.17, 15) is 21.6 Å². The van der Waals surface area contributed by atoms with Crippen molar-refractivity contribution in [2.24, 2.45) is 0 Å². The van der Waals surface area contributed by atoms with Crippen molar-refractivity contribution in [3.8, 4) is 5.88 Å². The topological polar surface area (TPSA) is 73.6 Å². The summed E-state index contributed by atoms with van der Waals surface area (Å²) in [7, 11) is -5.87. The molecule has 0 N–H and O–H groups in total. The van der Waals surface area contributed by atoms with Crippen LogP contribution in [0.4, 0.5) is 13.2 Å². The van der Waals surface area contributed by atoms with E-state index in [1.54, 1.807) is 6.07 Å². The molecular weight excluding hydrogens is 427 g/mol.